The van der Waals surface area contributed by atoms with Gasteiger partial charge in [0.2, 0.25) is 5.91 Å². The van der Waals surface area contributed by atoms with Crippen molar-refractivity contribution in [3.63, 3.8) is 0 Å². The van der Waals surface area contributed by atoms with Crippen LogP contribution in [0.5, 0.6) is 0 Å². The molecule has 5 heteroatoms. The summed E-state index contributed by atoms with van der Waals surface area (Å²) in [6, 6.07) is 2.58. The summed E-state index contributed by atoms with van der Waals surface area (Å²) in [6.45, 7) is 3.51. The molecule has 1 rings (SSSR count). The van der Waals surface area contributed by atoms with Crippen LogP contribution in [-0.4, -0.2) is 28.0 Å². The Balaban J connectivity index is 2.58. The van der Waals surface area contributed by atoms with Crippen LogP contribution in [0.15, 0.2) is 37.2 Å². The highest BCUT2D eigenvalue weighted by molar-refractivity contribution is 5.83. The number of rotatable bonds is 7. The highest BCUT2D eigenvalue weighted by Crippen LogP contribution is 2.02. The maximum atomic E-state index is 11.5. The number of nitrogens with zero attached hydrogens (tertiary/aromatic N) is 1. The first kappa shape index (κ1) is 13.9. The predicted molar refractivity (Wildman–Crippen MR) is 66.9 cm³/mol. The Bertz CT molecular complexity index is 418. The number of carboxylic acid groups (broad SMARTS) is 1. The molecule has 1 atom stereocenters. The third kappa shape index (κ3) is 4.78. The molecular formula is C13H16N2O3. The third-order valence-electron chi connectivity index (χ3n) is 2.37. The van der Waals surface area contributed by atoms with E-state index in [4.69, 9.17) is 5.11 Å². The van der Waals surface area contributed by atoms with Crippen molar-refractivity contribution in [1.82, 2.24) is 10.3 Å². The standard InChI is InChI=1S/C13H16N2O3/c1-2-3-6-12(16)15-11(13(17)18)8-10-5-4-7-14-9-10/h2,4-5,7,9,11H,1,3,6,8H2,(H,15,16)(H,17,18). The SMILES string of the molecule is C=CCCC(=O)NC(Cc1cccnc1)C(=O)O. The van der Waals surface area contributed by atoms with Gasteiger partial charge in [0.05, 0.1) is 0 Å². The van der Waals surface area contributed by atoms with Gasteiger partial charge in [0.25, 0.3) is 0 Å². The van der Waals surface area contributed by atoms with Crippen molar-refractivity contribution in [2.45, 2.75) is 25.3 Å². The molecule has 1 heterocycles. The number of hydrogen-bond donors (Lipinski definition) is 2. The van der Waals surface area contributed by atoms with Crippen molar-refractivity contribution in [2.75, 3.05) is 0 Å². The van der Waals surface area contributed by atoms with Gasteiger partial charge in [-0.05, 0) is 18.1 Å². The molecular weight excluding hydrogens is 232 g/mol. The topological polar surface area (TPSA) is 79.3 Å². The Kier molecular flexibility index (Phi) is 5.57. The first-order chi connectivity index (χ1) is 8.63. The summed E-state index contributed by atoms with van der Waals surface area (Å²) in [4.78, 5) is 26.4. The molecule has 0 fully saturated rings. The molecule has 0 aliphatic rings. The Labute approximate surface area is 106 Å². The minimum absolute atomic E-state index is 0.225. The van der Waals surface area contributed by atoms with Gasteiger partial charge in [0.1, 0.15) is 6.04 Å². The molecule has 1 aromatic heterocycles. The van der Waals surface area contributed by atoms with Crippen LogP contribution in [0.3, 0.4) is 0 Å². The van der Waals surface area contributed by atoms with E-state index in [2.05, 4.69) is 16.9 Å². The second-order valence-electron chi connectivity index (χ2n) is 3.85. The largest absolute Gasteiger partial charge is 0.480 e. The lowest BCUT2D eigenvalue weighted by Gasteiger charge is -2.14. The first-order valence-electron chi connectivity index (χ1n) is 5.65. The number of carboxylic acids is 1. The number of pyridine rings is 1. The minimum atomic E-state index is -1.05. The van der Waals surface area contributed by atoms with Crippen LogP contribution in [0, 0.1) is 0 Å². The van der Waals surface area contributed by atoms with Crippen molar-refractivity contribution in [3.8, 4) is 0 Å². The van der Waals surface area contributed by atoms with Crippen LogP contribution >= 0.6 is 0 Å². The number of aromatic nitrogens is 1. The van der Waals surface area contributed by atoms with Crippen molar-refractivity contribution >= 4 is 11.9 Å². The molecule has 1 aromatic rings. The minimum Gasteiger partial charge on any atom is -0.480 e. The van der Waals surface area contributed by atoms with Crippen molar-refractivity contribution in [2.24, 2.45) is 0 Å². The van der Waals surface area contributed by atoms with Crippen LogP contribution < -0.4 is 5.32 Å². The highest BCUT2D eigenvalue weighted by Gasteiger charge is 2.19. The molecule has 96 valence electrons. The average molecular weight is 248 g/mol. The maximum absolute atomic E-state index is 11.5. The van der Waals surface area contributed by atoms with Crippen LogP contribution in [-0.2, 0) is 16.0 Å². The van der Waals surface area contributed by atoms with Crippen molar-refractivity contribution in [1.29, 1.82) is 0 Å². The molecule has 0 saturated heterocycles. The van der Waals surface area contributed by atoms with E-state index in [9.17, 15) is 9.59 Å². The smallest absolute Gasteiger partial charge is 0.326 e. The number of nitrogens with one attached hydrogen (secondary N) is 1. The molecule has 5 nitrogen and oxygen atoms in total. The zero-order valence-corrected chi connectivity index (χ0v) is 10.0. The van der Waals surface area contributed by atoms with Gasteiger partial charge in [-0.1, -0.05) is 12.1 Å². The van der Waals surface area contributed by atoms with E-state index in [1.807, 2.05) is 0 Å². The second kappa shape index (κ2) is 7.21. The lowest BCUT2D eigenvalue weighted by molar-refractivity contribution is -0.141. The fraction of sp³-hybridized carbons (Fsp3) is 0.308. The second-order valence-corrected chi connectivity index (χ2v) is 3.85. The molecule has 0 radical (unpaired) electrons. The van der Waals surface area contributed by atoms with E-state index < -0.39 is 12.0 Å². The Hall–Kier alpha value is -2.17. The number of carbonyl (C=O) groups is 2. The van der Waals surface area contributed by atoms with Gasteiger partial charge < -0.3 is 10.4 Å². The van der Waals surface area contributed by atoms with Crippen LogP contribution in [0.2, 0.25) is 0 Å². The van der Waals surface area contributed by atoms with Crippen molar-refractivity contribution < 1.29 is 14.7 Å². The van der Waals surface area contributed by atoms with E-state index in [0.717, 1.165) is 5.56 Å². The van der Waals surface area contributed by atoms with Gasteiger partial charge in [0.15, 0.2) is 0 Å². The van der Waals surface area contributed by atoms with Crippen LogP contribution in [0.1, 0.15) is 18.4 Å². The Morgan fingerprint density at radius 1 is 1.56 bits per heavy atom. The van der Waals surface area contributed by atoms with Crippen LogP contribution in [0.25, 0.3) is 0 Å². The van der Waals surface area contributed by atoms with E-state index >= 15 is 0 Å². The summed E-state index contributed by atoms with van der Waals surface area (Å²) >= 11 is 0. The molecule has 1 unspecified atom stereocenters. The monoisotopic (exact) mass is 248 g/mol. The van der Waals surface area contributed by atoms with Gasteiger partial charge in [-0.25, -0.2) is 4.79 Å². The molecule has 0 saturated carbocycles. The molecule has 0 aromatic carbocycles. The van der Waals surface area contributed by atoms with Gasteiger partial charge in [-0.2, -0.15) is 0 Å². The highest BCUT2D eigenvalue weighted by atomic mass is 16.4. The summed E-state index contributed by atoms with van der Waals surface area (Å²) in [7, 11) is 0. The molecule has 0 aliphatic carbocycles. The van der Waals surface area contributed by atoms with Gasteiger partial charge in [-0.15, -0.1) is 6.58 Å². The molecule has 0 aliphatic heterocycles. The van der Waals surface area contributed by atoms with Crippen molar-refractivity contribution in [3.05, 3.63) is 42.7 Å². The molecule has 0 spiro atoms. The van der Waals surface area contributed by atoms with E-state index in [1.165, 1.54) is 0 Å². The lowest BCUT2D eigenvalue weighted by atomic mass is 10.1. The zero-order chi connectivity index (χ0) is 13.4. The number of amides is 1. The fourth-order valence-electron chi connectivity index (χ4n) is 1.45. The average Bonchev–Trinajstić information content (AvgIpc) is 2.36. The molecule has 2 N–H and O–H groups in total. The van der Waals surface area contributed by atoms with E-state index in [1.54, 1.807) is 30.6 Å². The third-order valence-corrected chi connectivity index (χ3v) is 2.37. The Morgan fingerprint density at radius 2 is 2.33 bits per heavy atom. The zero-order valence-electron chi connectivity index (χ0n) is 10.0. The molecule has 18 heavy (non-hydrogen) atoms. The molecule has 1 amide bonds. The number of aliphatic carboxylic acids is 1. The molecule has 0 bridgehead atoms. The number of carbonyl (C=O) groups excluding carboxylic acids is 1. The van der Waals surface area contributed by atoms with E-state index in [0.29, 0.717) is 6.42 Å². The predicted octanol–water partition coefficient (Wildman–Crippen LogP) is 1.16. The van der Waals surface area contributed by atoms with Crippen LogP contribution in [0.4, 0.5) is 0 Å². The normalized spacial score (nSPS) is 11.6. The summed E-state index contributed by atoms with van der Waals surface area (Å²) in [6.07, 6.45) is 5.83. The van der Waals surface area contributed by atoms with E-state index in [-0.39, 0.29) is 18.7 Å². The quantitative estimate of drug-likeness (QED) is 0.710. The first-order valence-corrected chi connectivity index (χ1v) is 5.65. The lowest BCUT2D eigenvalue weighted by Crippen LogP contribution is -2.42. The fourth-order valence-corrected chi connectivity index (χ4v) is 1.45. The summed E-state index contributed by atoms with van der Waals surface area (Å²) in [5.74, 6) is -1.34. The van der Waals surface area contributed by atoms with Gasteiger partial charge in [-0.3, -0.25) is 9.78 Å². The number of allylic oxidation sites excluding steroid dienone is 1. The Morgan fingerprint density at radius 3 is 2.89 bits per heavy atom. The van der Waals surface area contributed by atoms with Gasteiger partial charge in [0, 0.05) is 25.2 Å². The van der Waals surface area contributed by atoms with Gasteiger partial charge >= 0.3 is 5.97 Å². The maximum Gasteiger partial charge on any atom is 0.326 e. The summed E-state index contributed by atoms with van der Waals surface area (Å²) < 4.78 is 0. The summed E-state index contributed by atoms with van der Waals surface area (Å²) in [5.41, 5.74) is 0.772. The number of hydrogen-bond acceptors (Lipinski definition) is 3. The summed E-state index contributed by atoms with van der Waals surface area (Å²) in [5, 5.41) is 11.5.